The molecule has 1 amide bonds. The second kappa shape index (κ2) is 11.5. The van der Waals surface area contributed by atoms with Crippen molar-refractivity contribution in [2.75, 3.05) is 6.61 Å². The van der Waals surface area contributed by atoms with Gasteiger partial charge >= 0.3 is 0 Å². The Labute approximate surface area is 199 Å². The molecule has 2 N–H and O–H groups in total. The molecule has 1 heterocycles. The summed E-state index contributed by atoms with van der Waals surface area (Å²) in [6, 6.07) is 6.25. The quantitative estimate of drug-likeness (QED) is 0.451. The van der Waals surface area contributed by atoms with E-state index in [1.165, 1.54) is 63.6 Å². The first-order valence-electron chi connectivity index (χ1n) is 13.5. The molecule has 2 saturated carbocycles. The first-order chi connectivity index (χ1) is 16.1. The van der Waals surface area contributed by atoms with E-state index in [0.717, 1.165) is 42.6 Å². The van der Waals surface area contributed by atoms with Crippen molar-refractivity contribution in [3.05, 3.63) is 29.6 Å². The van der Waals surface area contributed by atoms with Crippen LogP contribution in [0.5, 0.6) is 0 Å². The van der Waals surface area contributed by atoms with Crippen LogP contribution in [0.25, 0.3) is 11.0 Å². The predicted octanol–water partition coefficient (Wildman–Crippen LogP) is 6.19. The van der Waals surface area contributed by atoms with Crippen LogP contribution in [-0.2, 0) is 6.42 Å². The van der Waals surface area contributed by atoms with Crippen molar-refractivity contribution in [3.63, 3.8) is 0 Å². The van der Waals surface area contributed by atoms with E-state index in [2.05, 4.69) is 29.8 Å². The molecule has 1 aromatic carbocycles. The third kappa shape index (κ3) is 5.79. The molecular weight excluding hydrogens is 410 g/mol. The third-order valence-electron chi connectivity index (χ3n) is 8.18. The number of rotatable bonds is 10. The summed E-state index contributed by atoms with van der Waals surface area (Å²) in [5, 5.41) is 13.0. The molecule has 2 aliphatic carbocycles. The van der Waals surface area contributed by atoms with Gasteiger partial charge in [0.15, 0.2) is 0 Å². The minimum Gasteiger partial charge on any atom is -0.394 e. The molecule has 2 aliphatic rings. The van der Waals surface area contributed by atoms with Gasteiger partial charge < -0.3 is 15.0 Å². The number of nitrogens with one attached hydrogen (secondary N) is 1. The van der Waals surface area contributed by atoms with Crippen molar-refractivity contribution >= 4 is 16.9 Å². The van der Waals surface area contributed by atoms with Crippen molar-refractivity contribution in [2.24, 2.45) is 11.8 Å². The van der Waals surface area contributed by atoms with Gasteiger partial charge in [-0.3, -0.25) is 4.79 Å². The highest BCUT2D eigenvalue weighted by molar-refractivity contribution is 5.97. The number of amides is 1. The highest BCUT2D eigenvalue weighted by atomic mass is 16.3. The average molecular weight is 454 g/mol. The summed E-state index contributed by atoms with van der Waals surface area (Å²) in [4.78, 5) is 18.1. The van der Waals surface area contributed by atoms with E-state index in [4.69, 9.17) is 4.98 Å². The van der Waals surface area contributed by atoms with Crippen LogP contribution in [0.4, 0.5) is 0 Å². The number of aliphatic hydroxyl groups excluding tert-OH is 1. The second-order valence-corrected chi connectivity index (χ2v) is 10.5. The molecule has 0 unspecified atom stereocenters. The van der Waals surface area contributed by atoms with Crippen LogP contribution in [0.15, 0.2) is 18.2 Å². The Morgan fingerprint density at radius 2 is 1.73 bits per heavy atom. The van der Waals surface area contributed by atoms with Gasteiger partial charge in [0.1, 0.15) is 5.82 Å². The Morgan fingerprint density at radius 1 is 1.06 bits per heavy atom. The van der Waals surface area contributed by atoms with E-state index in [9.17, 15) is 9.90 Å². The fraction of sp³-hybridized carbons (Fsp3) is 0.714. The van der Waals surface area contributed by atoms with Crippen molar-refractivity contribution in [3.8, 4) is 0 Å². The maximum absolute atomic E-state index is 13.1. The molecule has 0 bridgehead atoms. The number of nitrogens with zero attached hydrogens (tertiary/aromatic N) is 2. The normalized spacial score (nSPS) is 18.9. The molecule has 33 heavy (non-hydrogen) atoms. The summed E-state index contributed by atoms with van der Waals surface area (Å²) in [7, 11) is 0. The molecule has 1 atom stereocenters. The van der Waals surface area contributed by atoms with Crippen LogP contribution in [0.2, 0.25) is 0 Å². The zero-order valence-electron chi connectivity index (χ0n) is 20.7. The fourth-order valence-corrected chi connectivity index (χ4v) is 6.24. The average Bonchev–Trinajstić information content (AvgIpc) is 3.48. The number of aliphatic hydroxyl groups is 1. The molecule has 5 heteroatoms. The van der Waals surface area contributed by atoms with Crippen molar-refractivity contribution in [1.82, 2.24) is 14.9 Å². The lowest BCUT2D eigenvalue weighted by atomic mass is 9.85. The summed E-state index contributed by atoms with van der Waals surface area (Å²) in [6.07, 6.45) is 15.7. The third-order valence-corrected chi connectivity index (χ3v) is 8.18. The number of carbonyl (C=O) groups excluding carboxylic acids is 1. The highest BCUT2D eigenvalue weighted by Gasteiger charge is 2.24. The van der Waals surface area contributed by atoms with Crippen LogP contribution < -0.4 is 5.32 Å². The van der Waals surface area contributed by atoms with E-state index in [1.807, 2.05) is 12.1 Å². The van der Waals surface area contributed by atoms with Crippen molar-refractivity contribution in [1.29, 1.82) is 0 Å². The molecule has 0 spiro atoms. The maximum Gasteiger partial charge on any atom is 0.251 e. The van der Waals surface area contributed by atoms with Crippen LogP contribution in [0.1, 0.15) is 113 Å². The Balaban J connectivity index is 1.54. The smallest absolute Gasteiger partial charge is 0.251 e. The molecule has 0 aliphatic heterocycles. The van der Waals surface area contributed by atoms with Gasteiger partial charge in [0.25, 0.3) is 5.91 Å². The SMILES string of the molecule is CCC(CC)n1c(CC2CCCC2)nc2cc(C(=O)N[C@H](CO)CC3CCCCC3)ccc21. The van der Waals surface area contributed by atoms with E-state index >= 15 is 0 Å². The standard InChI is InChI=1S/C28H43N3O2/c1-3-24(4-2)31-26-15-14-22(18-25(26)30-27(31)17-21-12-8-9-13-21)28(33)29-23(19-32)16-20-10-6-5-7-11-20/h14-15,18,20-21,23-24,32H,3-13,16-17,19H2,1-2H3,(H,29,33)/t23-/m0/s1. The maximum atomic E-state index is 13.1. The van der Waals surface area contributed by atoms with E-state index < -0.39 is 0 Å². The van der Waals surface area contributed by atoms with Crippen molar-refractivity contribution in [2.45, 2.75) is 109 Å². The summed E-state index contributed by atoms with van der Waals surface area (Å²) in [5.41, 5.74) is 2.72. The minimum atomic E-state index is -0.170. The van der Waals surface area contributed by atoms with Crippen LogP contribution in [0.3, 0.4) is 0 Å². The topological polar surface area (TPSA) is 67.2 Å². The summed E-state index contributed by atoms with van der Waals surface area (Å²) >= 11 is 0. The van der Waals surface area contributed by atoms with Crippen molar-refractivity contribution < 1.29 is 9.90 Å². The van der Waals surface area contributed by atoms with Gasteiger partial charge in [0.05, 0.1) is 23.7 Å². The molecule has 5 nitrogen and oxygen atoms in total. The van der Waals surface area contributed by atoms with E-state index in [0.29, 0.717) is 17.5 Å². The summed E-state index contributed by atoms with van der Waals surface area (Å²) in [5.74, 6) is 2.45. The molecular formula is C28H43N3O2. The number of hydrogen-bond donors (Lipinski definition) is 2. The van der Waals surface area contributed by atoms with Gasteiger partial charge in [0, 0.05) is 18.0 Å². The number of fused-ring (bicyclic) bond motifs is 1. The van der Waals surface area contributed by atoms with E-state index in [-0.39, 0.29) is 18.6 Å². The molecule has 2 aromatic rings. The van der Waals surface area contributed by atoms with Crippen LogP contribution >= 0.6 is 0 Å². The Morgan fingerprint density at radius 3 is 2.39 bits per heavy atom. The molecule has 182 valence electrons. The summed E-state index contributed by atoms with van der Waals surface area (Å²) < 4.78 is 2.45. The Kier molecular flexibility index (Phi) is 8.45. The Hall–Kier alpha value is -1.88. The number of carbonyl (C=O) groups is 1. The monoisotopic (exact) mass is 453 g/mol. The van der Waals surface area contributed by atoms with Gasteiger partial charge in [-0.25, -0.2) is 4.98 Å². The molecule has 0 radical (unpaired) electrons. The largest absolute Gasteiger partial charge is 0.394 e. The van der Waals surface area contributed by atoms with E-state index in [1.54, 1.807) is 0 Å². The second-order valence-electron chi connectivity index (χ2n) is 10.5. The van der Waals surface area contributed by atoms with Gasteiger partial charge in [-0.2, -0.15) is 0 Å². The fourth-order valence-electron chi connectivity index (χ4n) is 6.24. The highest BCUT2D eigenvalue weighted by Crippen LogP contribution is 2.32. The minimum absolute atomic E-state index is 0.000667. The molecule has 1 aromatic heterocycles. The number of aromatic nitrogens is 2. The lowest BCUT2D eigenvalue weighted by molar-refractivity contribution is 0.0902. The van der Waals surface area contributed by atoms with Gasteiger partial charge in [-0.1, -0.05) is 71.6 Å². The number of hydrogen-bond acceptors (Lipinski definition) is 3. The van der Waals surface area contributed by atoms with Crippen LogP contribution in [-0.4, -0.2) is 33.2 Å². The number of benzene rings is 1. The zero-order valence-corrected chi connectivity index (χ0v) is 20.7. The first-order valence-corrected chi connectivity index (χ1v) is 13.5. The predicted molar refractivity (Wildman–Crippen MR) is 135 cm³/mol. The lowest BCUT2D eigenvalue weighted by Gasteiger charge is -2.26. The zero-order chi connectivity index (χ0) is 23.2. The molecule has 4 rings (SSSR count). The van der Waals surface area contributed by atoms with Gasteiger partial charge in [-0.15, -0.1) is 0 Å². The molecule has 0 saturated heterocycles. The first kappa shape index (κ1) is 24.3. The summed E-state index contributed by atoms with van der Waals surface area (Å²) in [6.45, 7) is 4.50. The number of imidazole rings is 1. The Bertz CT molecular complexity index is 905. The lowest BCUT2D eigenvalue weighted by Crippen LogP contribution is -2.39. The molecule has 2 fully saturated rings. The van der Waals surface area contributed by atoms with Crippen LogP contribution in [0, 0.1) is 11.8 Å². The van der Waals surface area contributed by atoms with Gasteiger partial charge in [-0.05, 0) is 49.3 Å². The van der Waals surface area contributed by atoms with Gasteiger partial charge in [0.2, 0.25) is 0 Å².